The smallest absolute Gasteiger partial charge is 0.307 e. The SMILES string of the molecule is CCCCCCCCCCCCCCCCCCC/C=C/CCCCC(CC(=O)OCCC)C(=O)O. The number of carbonyl (C=O) groups is 2. The lowest BCUT2D eigenvalue weighted by Gasteiger charge is -2.11. The van der Waals surface area contributed by atoms with Crippen LogP contribution in [0.15, 0.2) is 12.2 Å². The van der Waals surface area contributed by atoms with Gasteiger partial charge < -0.3 is 9.84 Å². The first-order valence-corrected chi connectivity index (χ1v) is 15.6. The fourth-order valence-electron chi connectivity index (χ4n) is 4.66. The van der Waals surface area contributed by atoms with Gasteiger partial charge in [0, 0.05) is 0 Å². The number of allylic oxidation sites excluding steroid dienone is 2. The lowest BCUT2D eigenvalue weighted by molar-refractivity contribution is -0.151. The molecule has 0 aromatic heterocycles. The van der Waals surface area contributed by atoms with Crippen LogP contribution >= 0.6 is 0 Å². The molecule has 0 bridgehead atoms. The van der Waals surface area contributed by atoms with Crippen LogP contribution in [-0.2, 0) is 14.3 Å². The van der Waals surface area contributed by atoms with E-state index in [0.29, 0.717) is 13.0 Å². The van der Waals surface area contributed by atoms with Crippen LogP contribution in [0.1, 0.15) is 168 Å². The third kappa shape index (κ3) is 25.8. The number of hydrogen-bond acceptors (Lipinski definition) is 3. The van der Waals surface area contributed by atoms with Crippen molar-refractivity contribution >= 4 is 11.9 Å². The van der Waals surface area contributed by atoms with Gasteiger partial charge in [-0.1, -0.05) is 135 Å². The molecule has 0 aliphatic heterocycles. The van der Waals surface area contributed by atoms with Crippen LogP contribution in [0.3, 0.4) is 0 Å². The van der Waals surface area contributed by atoms with Gasteiger partial charge in [-0.25, -0.2) is 0 Å². The molecule has 0 rings (SSSR count). The Morgan fingerprint density at radius 3 is 1.44 bits per heavy atom. The molecule has 0 saturated carbocycles. The van der Waals surface area contributed by atoms with Gasteiger partial charge in [0.1, 0.15) is 0 Å². The molecule has 0 fully saturated rings. The van der Waals surface area contributed by atoms with E-state index < -0.39 is 17.9 Å². The molecular formula is C32H60O4. The Hall–Kier alpha value is -1.32. The van der Waals surface area contributed by atoms with Crippen molar-refractivity contribution in [1.29, 1.82) is 0 Å². The number of ether oxygens (including phenoxy) is 1. The number of carboxylic acid groups (broad SMARTS) is 1. The Balaban J connectivity index is 3.38. The molecule has 4 heteroatoms. The molecule has 212 valence electrons. The standard InChI is InChI=1S/C32H60O4/c1-3-5-6-7-8-9-10-11-12-13-14-15-16-17-18-19-20-21-22-23-24-25-26-27-30(32(34)35)29-31(33)36-28-4-2/h22-23,30H,3-21,24-29H2,1-2H3,(H,34,35)/b23-22+. The van der Waals surface area contributed by atoms with Crippen LogP contribution in [0.5, 0.6) is 0 Å². The van der Waals surface area contributed by atoms with Crippen LogP contribution in [0.25, 0.3) is 0 Å². The lowest BCUT2D eigenvalue weighted by atomic mass is 9.98. The van der Waals surface area contributed by atoms with E-state index in [-0.39, 0.29) is 6.42 Å². The second-order valence-electron chi connectivity index (χ2n) is 10.7. The third-order valence-electron chi connectivity index (χ3n) is 7.04. The zero-order valence-corrected chi connectivity index (χ0v) is 24.1. The number of unbranched alkanes of at least 4 members (excludes halogenated alkanes) is 19. The molecule has 0 amide bonds. The van der Waals surface area contributed by atoms with Gasteiger partial charge in [0.15, 0.2) is 0 Å². The van der Waals surface area contributed by atoms with Crippen molar-refractivity contribution in [3.8, 4) is 0 Å². The van der Waals surface area contributed by atoms with Crippen LogP contribution in [0, 0.1) is 5.92 Å². The molecule has 0 radical (unpaired) electrons. The number of hydrogen-bond donors (Lipinski definition) is 1. The quantitative estimate of drug-likeness (QED) is 0.0648. The highest BCUT2D eigenvalue weighted by Gasteiger charge is 2.21. The molecule has 0 aliphatic rings. The predicted octanol–water partition coefficient (Wildman–Crippen LogP) is 10.2. The summed E-state index contributed by atoms with van der Waals surface area (Å²) in [5.74, 6) is -1.90. The number of aliphatic carboxylic acids is 1. The minimum Gasteiger partial charge on any atom is -0.481 e. The van der Waals surface area contributed by atoms with Crippen molar-refractivity contribution in [2.75, 3.05) is 6.61 Å². The van der Waals surface area contributed by atoms with Gasteiger partial charge in [0.25, 0.3) is 0 Å². The molecule has 1 N–H and O–H groups in total. The Kier molecular flexibility index (Phi) is 27.2. The molecule has 0 saturated heterocycles. The first-order valence-electron chi connectivity index (χ1n) is 15.6. The molecule has 0 aromatic carbocycles. The highest BCUT2D eigenvalue weighted by atomic mass is 16.5. The summed E-state index contributed by atoms with van der Waals surface area (Å²) in [6.07, 6.45) is 33.7. The Morgan fingerprint density at radius 1 is 0.611 bits per heavy atom. The van der Waals surface area contributed by atoms with Gasteiger partial charge in [0.2, 0.25) is 0 Å². The molecule has 0 aromatic rings. The van der Waals surface area contributed by atoms with E-state index in [1.165, 1.54) is 109 Å². The highest BCUT2D eigenvalue weighted by Crippen LogP contribution is 2.16. The fraction of sp³-hybridized carbons (Fsp3) is 0.875. The molecule has 1 atom stereocenters. The zero-order chi connectivity index (χ0) is 26.5. The predicted molar refractivity (Wildman–Crippen MR) is 153 cm³/mol. The van der Waals surface area contributed by atoms with E-state index >= 15 is 0 Å². The van der Waals surface area contributed by atoms with Gasteiger partial charge >= 0.3 is 11.9 Å². The van der Waals surface area contributed by atoms with E-state index in [4.69, 9.17) is 4.74 Å². The van der Waals surface area contributed by atoms with Crippen molar-refractivity contribution in [2.45, 2.75) is 168 Å². The van der Waals surface area contributed by atoms with E-state index in [0.717, 1.165) is 32.1 Å². The first-order chi connectivity index (χ1) is 17.6. The van der Waals surface area contributed by atoms with Crippen LogP contribution in [0.4, 0.5) is 0 Å². The van der Waals surface area contributed by atoms with Crippen LogP contribution < -0.4 is 0 Å². The Labute approximate surface area is 224 Å². The maximum Gasteiger partial charge on any atom is 0.307 e. The van der Waals surface area contributed by atoms with Gasteiger partial charge in [-0.3, -0.25) is 9.59 Å². The minimum absolute atomic E-state index is 0.00944. The highest BCUT2D eigenvalue weighted by molar-refractivity contribution is 5.78. The topological polar surface area (TPSA) is 63.6 Å². The van der Waals surface area contributed by atoms with Crippen molar-refractivity contribution < 1.29 is 19.4 Å². The maximum absolute atomic E-state index is 11.7. The summed E-state index contributed by atoms with van der Waals surface area (Å²) in [6, 6.07) is 0. The normalized spacial score (nSPS) is 12.3. The summed E-state index contributed by atoms with van der Waals surface area (Å²) < 4.78 is 5.01. The number of carbonyl (C=O) groups excluding carboxylic acids is 1. The second-order valence-corrected chi connectivity index (χ2v) is 10.7. The summed E-state index contributed by atoms with van der Waals surface area (Å²) in [4.78, 5) is 23.0. The fourth-order valence-corrected chi connectivity index (χ4v) is 4.66. The number of esters is 1. The molecule has 1 unspecified atom stereocenters. The molecule has 0 spiro atoms. The minimum atomic E-state index is -0.891. The van der Waals surface area contributed by atoms with Gasteiger partial charge in [0.05, 0.1) is 18.9 Å². The average Bonchev–Trinajstić information content (AvgIpc) is 2.87. The van der Waals surface area contributed by atoms with Crippen molar-refractivity contribution in [3.05, 3.63) is 12.2 Å². The number of carboxylic acids is 1. The van der Waals surface area contributed by atoms with E-state index in [1.807, 2.05) is 6.92 Å². The van der Waals surface area contributed by atoms with Crippen molar-refractivity contribution in [1.82, 2.24) is 0 Å². The van der Waals surface area contributed by atoms with Gasteiger partial charge in [-0.05, 0) is 38.5 Å². The van der Waals surface area contributed by atoms with Crippen molar-refractivity contribution in [3.63, 3.8) is 0 Å². The van der Waals surface area contributed by atoms with E-state index in [9.17, 15) is 14.7 Å². The van der Waals surface area contributed by atoms with Crippen molar-refractivity contribution in [2.24, 2.45) is 5.92 Å². The molecular weight excluding hydrogens is 448 g/mol. The van der Waals surface area contributed by atoms with Gasteiger partial charge in [-0.2, -0.15) is 0 Å². The summed E-state index contributed by atoms with van der Waals surface area (Å²) in [7, 11) is 0. The molecule has 4 nitrogen and oxygen atoms in total. The Morgan fingerprint density at radius 2 is 1.03 bits per heavy atom. The van der Waals surface area contributed by atoms with Gasteiger partial charge in [-0.15, -0.1) is 0 Å². The summed E-state index contributed by atoms with van der Waals surface area (Å²) in [5.41, 5.74) is 0. The monoisotopic (exact) mass is 508 g/mol. The first kappa shape index (κ1) is 34.7. The lowest BCUT2D eigenvalue weighted by Crippen LogP contribution is -2.19. The largest absolute Gasteiger partial charge is 0.481 e. The van der Waals surface area contributed by atoms with Crippen LogP contribution in [0.2, 0.25) is 0 Å². The summed E-state index contributed by atoms with van der Waals surface area (Å²) >= 11 is 0. The molecule has 0 heterocycles. The Bertz CT molecular complexity index is 514. The second kappa shape index (κ2) is 28.3. The molecule has 0 aliphatic carbocycles. The average molecular weight is 509 g/mol. The van der Waals surface area contributed by atoms with E-state index in [2.05, 4.69) is 19.1 Å². The maximum atomic E-state index is 11.7. The zero-order valence-electron chi connectivity index (χ0n) is 24.1. The third-order valence-corrected chi connectivity index (χ3v) is 7.04. The molecule has 36 heavy (non-hydrogen) atoms. The van der Waals surface area contributed by atoms with Crippen LogP contribution in [-0.4, -0.2) is 23.7 Å². The van der Waals surface area contributed by atoms with E-state index in [1.54, 1.807) is 0 Å². The summed E-state index contributed by atoms with van der Waals surface area (Å²) in [5, 5.41) is 9.30. The summed E-state index contributed by atoms with van der Waals surface area (Å²) in [6.45, 7) is 4.58. The number of rotatable bonds is 28.